The van der Waals surface area contributed by atoms with Crippen LogP contribution in [0.25, 0.3) is 16.6 Å². The van der Waals surface area contributed by atoms with Crippen molar-refractivity contribution in [3.63, 3.8) is 0 Å². The second-order valence-electron chi connectivity index (χ2n) is 7.21. The Morgan fingerprint density at radius 1 is 1.10 bits per heavy atom. The summed E-state index contributed by atoms with van der Waals surface area (Å²) in [4.78, 5) is 19.7. The third kappa shape index (κ3) is 4.77. The molecule has 4 rings (SSSR count). The fourth-order valence-electron chi connectivity index (χ4n) is 3.75. The summed E-state index contributed by atoms with van der Waals surface area (Å²) in [6.45, 7) is 5.91. The lowest BCUT2D eigenvalue weighted by molar-refractivity contribution is 0.263. The van der Waals surface area contributed by atoms with Gasteiger partial charge in [0.2, 0.25) is 0 Å². The SMILES string of the molecule is Cc1nc2cc(F)ccc2c(=O)n1-c1ccc(OCCCN2CCCC2)cc1.Cl. The van der Waals surface area contributed by atoms with Crippen LogP contribution in [0.1, 0.15) is 25.1 Å². The maximum Gasteiger partial charge on any atom is 0.265 e. The van der Waals surface area contributed by atoms with Gasteiger partial charge in [0.1, 0.15) is 17.4 Å². The van der Waals surface area contributed by atoms with Gasteiger partial charge in [-0.1, -0.05) is 0 Å². The van der Waals surface area contributed by atoms with Crippen LogP contribution in [0.15, 0.2) is 47.3 Å². The first kappa shape index (κ1) is 21.3. The molecule has 0 radical (unpaired) electrons. The molecule has 1 fully saturated rings. The van der Waals surface area contributed by atoms with Crippen LogP contribution < -0.4 is 10.3 Å². The lowest BCUT2D eigenvalue weighted by atomic mass is 10.2. The molecule has 1 saturated heterocycles. The summed E-state index contributed by atoms with van der Waals surface area (Å²) in [7, 11) is 0. The fourth-order valence-corrected chi connectivity index (χ4v) is 3.75. The topological polar surface area (TPSA) is 47.4 Å². The fraction of sp³-hybridized carbons (Fsp3) is 0.364. The average Bonchev–Trinajstić information content (AvgIpc) is 3.19. The van der Waals surface area contributed by atoms with Crippen molar-refractivity contribution in [2.45, 2.75) is 26.2 Å². The zero-order valence-corrected chi connectivity index (χ0v) is 17.3. The van der Waals surface area contributed by atoms with Crippen LogP contribution in [0.4, 0.5) is 4.39 Å². The Hall–Kier alpha value is -2.44. The molecule has 0 unspecified atom stereocenters. The van der Waals surface area contributed by atoms with Gasteiger partial charge in [0.15, 0.2) is 0 Å². The standard InChI is InChI=1S/C22H24FN3O2.ClH/c1-16-24-21-15-17(23)5-10-20(21)22(27)26(16)18-6-8-19(9-7-18)28-14-4-13-25-11-2-3-12-25;/h5-10,15H,2-4,11-14H2,1H3;1H. The van der Waals surface area contributed by atoms with Gasteiger partial charge < -0.3 is 9.64 Å². The van der Waals surface area contributed by atoms with Gasteiger partial charge in [0.05, 0.1) is 23.2 Å². The normalized spacial score (nSPS) is 14.1. The predicted molar refractivity (Wildman–Crippen MR) is 115 cm³/mol. The Labute approximate surface area is 175 Å². The Bertz CT molecular complexity index is 1030. The van der Waals surface area contributed by atoms with Crippen molar-refractivity contribution in [1.29, 1.82) is 0 Å². The van der Waals surface area contributed by atoms with Gasteiger partial charge in [0, 0.05) is 12.6 Å². The Morgan fingerprint density at radius 3 is 2.55 bits per heavy atom. The Balaban J connectivity index is 0.00000240. The van der Waals surface area contributed by atoms with Crippen molar-refractivity contribution in [3.05, 3.63) is 64.5 Å². The number of hydrogen-bond acceptors (Lipinski definition) is 4. The molecule has 7 heteroatoms. The van der Waals surface area contributed by atoms with Crippen LogP contribution in [0.2, 0.25) is 0 Å². The lowest BCUT2D eigenvalue weighted by Gasteiger charge is -2.15. The van der Waals surface area contributed by atoms with E-state index in [1.807, 2.05) is 24.3 Å². The zero-order chi connectivity index (χ0) is 19.5. The van der Waals surface area contributed by atoms with E-state index < -0.39 is 5.82 Å². The molecule has 29 heavy (non-hydrogen) atoms. The van der Waals surface area contributed by atoms with Gasteiger partial charge in [0.25, 0.3) is 5.56 Å². The van der Waals surface area contributed by atoms with Crippen molar-refractivity contribution in [1.82, 2.24) is 14.5 Å². The highest BCUT2D eigenvalue weighted by molar-refractivity contribution is 5.85. The van der Waals surface area contributed by atoms with Crippen molar-refractivity contribution in [2.75, 3.05) is 26.2 Å². The molecule has 0 aliphatic carbocycles. The van der Waals surface area contributed by atoms with E-state index in [4.69, 9.17) is 4.74 Å². The quantitative estimate of drug-likeness (QED) is 0.566. The van der Waals surface area contributed by atoms with Gasteiger partial charge in [-0.2, -0.15) is 0 Å². The van der Waals surface area contributed by atoms with E-state index >= 15 is 0 Å². The van der Waals surface area contributed by atoms with Gasteiger partial charge in [-0.25, -0.2) is 9.37 Å². The molecule has 2 heterocycles. The minimum atomic E-state index is -0.400. The molecular formula is C22H25ClFN3O2. The van der Waals surface area contributed by atoms with E-state index in [9.17, 15) is 9.18 Å². The first-order valence-electron chi connectivity index (χ1n) is 9.76. The number of aryl methyl sites for hydroxylation is 1. The molecule has 5 nitrogen and oxygen atoms in total. The largest absolute Gasteiger partial charge is 0.494 e. The molecule has 0 atom stereocenters. The molecule has 1 aliphatic rings. The van der Waals surface area contributed by atoms with Crippen molar-refractivity contribution < 1.29 is 9.13 Å². The van der Waals surface area contributed by atoms with Gasteiger partial charge >= 0.3 is 0 Å². The highest BCUT2D eigenvalue weighted by atomic mass is 35.5. The van der Waals surface area contributed by atoms with Crippen LogP contribution >= 0.6 is 12.4 Å². The number of nitrogens with zero attached hydrogens (tertiary/aromatic N) is 3. The number of benzene rings is 2. The molecule has 3 aromatic rings. The maximum atomic E-state index is 13.4. The van der Waals surface area contributed by atoms with E-state index in [2.05, 4.69) is 9.88 Å². The van der Waals surface area contributed by atoms with Crippen LogP contribution in [0.5, 0.6) is 5.75 Å². The molecular weight excluding hydrogens is 393 g/mol. The first-order chi connectivity index (χ1) is 13.6. The summed E-state index contributed by atoms with van der Waals surface area (Å²) in [5.41, 5.74) is 0.879. The number of fused-ring (bicyclic) bond motifs is 1. The summed E-state index contributed by atoms with van der Waals surface area (Å²) in [6, 6.07) is 11.5. The number of ether oxygens (including phenoxy) is 1. The zero-order valence-electron chi connectivity index (χ0n) is 16.4. The molecule has 154 valence electrons. The molecule has 2 aromatic carbocycles. The smallest absolute Gasteiger partial charge is 0.265 e. The highest BCUT2D eigenvalue weighted by Gasteiger charge is 2.12. The van der Waals surface area contributed by atoms with Gasteiger partial charge in [-0.15, -0.1) is 12.4 Å². The van der Waals surface area contributed by atoms with E-state index in [1.54, 1.807) is 6.92 Å². The Morgan fingerprint density at radius 2 is 1.83 bits per heavy atom. The summed E-state index contributed by atoms with van der Waals surface area (Å²) < 4.78 is 20.8. The second-order valence-corrected chi connectivity index (χ2v) is 7.21. The van der Waals surface area contributed by atoms with E-state index in [0.29, 0.717) is 29.0 Å². The summed E-state index contributed by atoms with van der Waals surface area (Å²) in [5, 5.41) is 0.397. The summed E-state index contributed by atoms with van der Waals surface area (Å²) in [5.74, 6) is 0.900. The summed E-state index contributed by atoms with van der Waals surface area (Å²) in [6.07, 6.45) is 3.62. The Kier molecular flexibility index (Phi) is 6.87. The third-order valence-corrected chi connectivity index (χ3v) is 5.18. The number of aromatic nitrogens is 2. The maximum absolute atomic E-state index is 13.4. The molecule has 0 N–H and O–H groups in total. The number of hydrogen-bond donors (Lipinski definition) is 0. The minimum absolute atomic E-state index is 0. The highest BCUT2D eigenvalue weighted by Crippen LogP contribution is 2.18. The van der Waals surface area contributed by atoms with E-state index in [1.165, 1.54) is 48.7 Å². The predicted octanol–water partition coefficient (Wildman–Crippen LogP) is 4.12. The van der Waals surface area contributed by atoms with Crippen LogP contribution in [-0.2, 0) is 0 Å². The molecule has 1 aromatic heterocycles. The number of likely N-dealkylation sites (tertiary alicyclic amines) is 1. The van der Waals surface area contributed by atoms with Crippen LogP contribution in [0, 0.1) is 12.7 Å². The molecule has 0 saturated carbocycles. The number of halogens is 2. The average molecular weight is 418 g/mol. The van der Waals surface area contributed by atoms with Gasteiger partial charge in [-0.3, -0.25) is 9.36 Å². The lowest BCUT2D eigenvalue weighted by Crippen LogP contribution is -2.22. The van der Waals surface area contributed by atoms with E-state index in [0.717, 1.165) is 18.7 Å². The van der Waals surface area contributed by atoms with Crippen LogP contribution in [-0.4, -0.2) is 40.7 Å². The monoisotopic (exact) mass is 417 g/mol. The van der Waals surface area contributed by atoms with Crippen LogP contribution in [0.3, 0.4) is 0 Å². The van der Waals surface area contributed by atoms with E-state index in [-0.39, 0.29) is 18.0 Å². The second kappa shape index (κ2) is 9.37. The summed E-state index contributed by atoms with van der Waals surface area (Å²) >= 11 is 0. The minimum Gasteiger partial charge on any atom is -0.494 e. The third-order valence-electron chi connectivity index (χ3n) is 5.18. The van der Waals surface area contributed by atoms with Crippen molar-refractivity contribution in [2.24, 2.45) is 0 Å². The first-order valence-corrected chi connectivity index (χ1v) is 9.76. The number of rotatable bonds is 6. The molecule has 0 spiro atoms. The van der Waals surface area contributed by atoms with Crippen molar-refractivity contribution in [3.8, 4) is 11.4 Å². The van der Waals surface area contributed by atoms with Crippen molar-refractivity contribution >= 4 is 23.3 Å². The molecule has 0 bridgehead atoms. The molecule has 0 amide bonds. The van der Waals surface area contributed by atoms with Gasteiger partial charge in [-0.05, 0) is 75.7 Å². The molecule has 1 aliphatic heterocycles.